The van der Waals surface area contributed by atoms with Crippen LogP contribution < -0.4 is 5.84 Å². The Morgan fingerprint density at radius 1 is 1.24 bits per heavy atom. The maximum absolute atomic E-state index is 6.07. The van der Waals surface area contributed by atoms with E-state index in [0.29, 0.717) is 12.0 Å². The minimum absolute atomic E-state index is 0.326. The highest BCUT2D eigenvalue weighted by Gasteiger charge is 2.26. The molecule has 0 radical (unpaired) electrons. The third-order valence-corrected chi connectivity index (χ3v) is 4.66. The van der Waals surface area contributed by atoms with E-state index in [1.54, 1.807) is 0 Å². The summed E-state index contributed by atoms with van der Waals surface area (Å²) in [6.07, 6.45) is 10.5. The largest absolute Gasteiger partial charge is 0.296 e. The summed E-state index contributed by atoms with van der Waals surface area (Å²) in [5.74, 6) is 7.74. The molecule has 140 valence electrons. The number of hydrazine groups is 1. The van der Waals surface area contributed by atoms with Crippen LogP contribution >= 0.6 is 0 Å². The second-order valence-electron chi connectivity index (χ2n) is 6.93. The maximum Gasteiger partial charge on any atom is 0.116 e. The maximum atomic E-state index is 6.07. The van der Waals surface area contributed by atoms with Crippen molar-refractivity contribution in [3.05, 3.63) is 48.6 Å². The number of rotatable bonds is 9. The molecule has 0 saturated heterocycles. The number of hydrogen-bond acceptors (Lipinski definition) is 3. The molecule has 0 aliphatic carbocycles. The van der Waals surface area contributed by atoms with Gasteiger partial charge in [0.1, 0.15) is 5.84 Å². The fraction of sp³-hybridized carbons (Fsp3) is 0.591. The average molecular weight is 344 g/mol. The van der Waals surface area contributed by atoms with Crippen LogP contribution in [0.3, 0.4) is 0 Å². The molecule has 25 heavy (non-hydrogen) atoms. The first-order valence-corrected chi connectivity index (χ1v) is 9.84. The van der Waals surface area contributed by atoms with Gasteiger partial charge in [0.15, 0.2) is 0 Å². The Morgan fingerprint density at radius 2 is 1.96 bits per heavy atom. The predicted octanol–water partition coefficient (Wildman–Crippen LogP) is 5.51. The van der Waals surface area contributed by atoms with Crippen molar-refractivity contribution >= 4 is 5.84 Å². The van der Waals surface area contributed by atoms with Crippen LogP contribution in [0.2, 0.25) is 0 Å². The lowest BCUT2D eigenvalue weighted by Gasteiger charge is -2.21. The SMILES string of the molecule is C=CCC1CN(N)C(C(CC)CCCCCC)=N1.Cc1ccccc1. The molecule has 2 atom stereocenters. The Balaban J connectivity index is 0.000000370. The summed E-state index contributed by atoms with van der Waals surface area (Å²) in [4.78, 5) is 4.78. The molecule has 0 aromatic heterocycles. The van der Waals surface area contributed by atoms with Crippen LogP contribution in [-0.4, -0.2) is 23.4 Å². The summed E-state index contributed by atoms with van der Waals surface area (Å²) in [6.45, 7) is 11.2. The van der Waals surface area contributed by atoms with Gasteiger partial charge in [-0.05, 0) is 26.2 Å². The number of unbranched alkanes of at least 4 members (excludes halogenated alkanes) is 3. The van der Waals surface area contributed by atoms with Crippen LogP contribution in [0.1, 0.15) is 64.4 Å². The van der Waals surface area contributed by atoms with E-state index in [-0.39, 0.29) is 0 Å². The van der Waals surface area contributed by atoms with Crippen LogP contribution in [-0.2, 0) is 0 Å². The number of hydrogen-bond donors (Lipinski definition) is 1. The first kappa shape index (κ1) is 21.4. The summed E-state index contributed by atoms with van der Waals surface area (Å²) >= 11 is 0. The smallest absolute Gasteiger partial charge is 0.116 e. The van der Waals surface area contributed by atoms with Gasteiger partial charge < -0.3 is 0 Å². The summed E-state index contributed by atoms with van der Waals surface area (Å²) < 4.78 is 0. The van der Waals surface area contributed by atoms with Gasteiger partial charge in [0.25, 0.3) is 0 Å². The molecule has 0 saturated carbocycles. The van der Waals surface area contributed by atoms with E-state index in [9.17, 15) is 0 Å². The van der Waals surface area contributed by atoms with Crippen molar-refractivity contribution in [3.63, 3.8) is 0 Å². The molecule has 2 rings (SSSR count). The lowest BCUT2D eigenvalue weighted by atomic mass is 9.97. The van der Waals surface area contributed by atoms with E-state index in [2.05, 4.69) is 39.5 Å². The fourth-order valence-corrected chi connectivity index (χ4v) is 3.15. The molecule has 1 heterocycles. The van der Waals surface area contributed by atoms with Gasteiger partial charge in [0.05, 0.1) is 12.6 Å². The second kappa shape index (κ2) is 12.7. The first-order chi connectivity index (χ1) is 12.1. The lowest BCUT2D eigenvalue weighted by molar-refractivity contribution is 0.409. The Hall–Kier alpha value is -1.61. The molecule has 3 nitrogen and oxygen atoms in total. The predicted molar refractivity (Wildman–Crippen MR) is 111 cm³/mol. The van der Waals surface area contributed by atoms with Gasteiger partial charge in [0.2, 0.25) is 0 Å². The molecule has 0 bridgehead atoms. The zero-order valence-corrected chi connectivity index (χ0v) is 16.5. The summed E-state index contributed by atoms with van der Waals surface area (Å²) in [7, 11) is 0. The minimum Gasteiger partial charge on any atom is -0.296 e. The number of aliphatic imine (C=N–C) groups is 1. The number of nitrogens with zero attached hydrogens (tertiary/aromatic N) is 2. The molecule has 3 heteroatoms. The van der Waals surface area contributed by atoms with Crippen molar-refractivity contribution < 1.29 is 0 Å². The van der Waals surface area contributed by atoms with Crippen LogP contribution in [0.25, 0.3) is 0 Å². The first-order valence-electron chi connectivity index (χ1n) is 9.84. The Bertz CT molecular complexity index is 495. The van der Waals surface area contributed by atoms with Gasteiger partial charge in [0, 0.05) is 5.92 Å². The van der Waals surface area contributed by atoms with Gasteiger partial charge in [-0.2, -0.15) is 0 Å². The quantitative estimate of drug-likeness (QED) is 0.365. The molecular formula is C22H37N3. The normalized spacial score (nSPS) is 17.5. The second-order valence-corrected chi connectivity index (χ2v) is 6.93. The zero-order valence-electron chi connectivity index (χ0n) is 16.5. The van der Waals surface area contributed by atoms with Crippen molar-refractivity contribution in [2.45, 2.75) is 71.8 Å². The van der Waals surface area contributed by atoms with E-state index < -0.39 is 0 Å². The van der Waals surface area contributed by atoms with E-state index in [1.807, 2.05) is 29.3 Å². The number of amidine groups is 1. The zero-order chi connectivity index (χ0) is 18.5. The average Bonchev–Trinajstić information content (AvgIpc) is 2.97. The Labute approximate surface area is 155 Å². The van der Waals surface area contributed by atoms with E-state index >= 15 is 0 Å². The van der Waals surface area contributed by atoms with Gasteiger partial charge in [-0.15, -0.1) is 6.58 Å². The molecule has 0 amide bonds. The minimum atomic E-state index is 0.326. The van der Waals surface area contributed by atoms with E-state index in [4.69, 9.17) is 10.8 Å². The molecular weight excluding hydrogens is 306 g/mol. The molecule has 1 aromatic rings. The third-order valence-electron chi connectivity index (χ3n) is 4.66. The number of aryl methyl sites for hydroxylation is 1. The Morgan fingerprint density at radius 3 is 2.48 bits per heavy atom. The number of benzene rings is 1. The van der Waals surface area contributed by atoms with Crippen molar-refractivity contribution in [1.82, 2.24) is 5.01 Å². The van der Waals surface area contributed by atoms with Gasteiger partial charge in [-0.3, -0.25) is 10.0 Å². The molecule has 2 unspecified atom stereocenters. The monoisotopic (exact) mass is 343 g/mol. The molecule has 1 aliphatic rings. The Kier molecular flexibility index (Phi) is 10.9. The van der Waals surface area contributed by atoms with Crippen LogP contribution in [0.4, 0.5) is 0 Å². The topological polar surface area (TPSA) is 41.6 Å². The number of nitrogens with two attached hydrogens (primary N) is 1. The van der Waals surface area contributed by atoms with Crippen molar-refractivity contribution in [2.75, 3.05) is 6.54 Å². The highest BCUT2D eigenvalue weighted by Crippen LogP contribution is 2.22. The third kappa shape index (κ3) is 8.35. The van der Waals surface area contributed by atoms with Crippen molar-refractivity contribution in [1.29, 1.82) is 0 Å². The lowest BCUT2D eigenvalue weighted by Crippen LogP contribution is -2.39. The summed E-state index contributed by atoms with van der Waals surface area (Å²) in [5, 5.41) is 1.86. The molecule has 0 fully saturated rings. The summed E-state index contributed by atoms with van der Waals surface area (Å²) in [6, 6.07) is 10.6. The summed E-state index contributed by atoms with van der Waals surface area (Å²) in [5.41, 5.74) is 1.32. The molecule has 1 aromatic carbocycles. The standard InChI is InChI=1S/C15H29N3.C7H8/c1-4-7-8-9-11-13(6-3)15-17-14(10-5-2)12-18(15)16;1-7-5-3-2-4-6-7/h5,13-14H,2,4,6-12,16H2,1,3H3;2-6H,1H3. The van der Waals surface area contributed by atoms with Gasteiger partial charge in [-0.25, -0.2) is 5.84 Å². The highest BCUT2D eigenvalue weighted by atomic mass is 15.5. The van der Waals surface area contributed by atoms with Crippen LogP contribution in [0, 0.1) is 12.8 Å². The van der Waals surface area contributed by atoms with Crippen LogP contribution in [0.5, 0.6) is 0 Å². The van der Waals surface area contributed by atoms with Gasteiger partial charge >= 0.3 is 0 Å². The van der Waals surface area contributed by atoms with Crippen molar-refractivity contribution in [3.8, 4) is 0 Å². The molecule has 2 N–H and O–H groups in total. The van der Waals surface area contributed by atoms with Crippen LogP contribution in [0.15, 0.2) is 48.0 Å². The van der Waals surface area contributed by atoms with Crippen molar-refractivity contribution in [2.24, 2.45) is 16.8 Å². The molecule has 0 spiro atoms. The van der Waals surface area contributed by atoms with E-state index in [1.165, 1.54) is 37.7 Å². The fourth-order valence-electron chi connectivity index (χ4n) is 3.15. The van der Waals surface area contributed by atoms with Gasteiger partial charge in [-0.1, -0.05) is 81.5 Å². The van der Waals surface area contributed by atoms with E-state index in [0.717, 1.165) is 25.2 Å². The molecule has 1 aliphatic heterocycles. The highest BCUT2D eigenvalue weighted by molar-refractivity contribution is 5.85.